The number of aliphatic carboxylic acids is 1. The van der Waals surface area contributed by atoms with Crippen molar-refractivity contribution < 1.29 is 24.6 Å². The molecule has 0 fully saturated rings. The topological polar surface area (TPSA) is 98.2 Å². The Bertz CT molecular complexity index is 693. The van der Waals surface area contributed by atoms with E-state index in [1.165, 1.54) is 13.1 Å². The molecule has 2 rings (SSSR count). The molecule has 1 aliphatic rings. The molecule has 1 aromatic carbocycles. The Balaban J connectivity index is 2.56. The zero-order chi connectivity index (χ0) is 16.3. The number of rotatable bonds is 3. The molecule has 0 bridgehead atoms. The maximum absolute atomic E-state index is 12.6. The molecule has 0 saturated heterocycles. The fourth-order valence-corrected chi connectivity index (χ4v) is 2.09. The Morgan fingerprint density at radius 1 is 1.23 bits per heavy atom. The molecule has 7 nitrogen and oxygen atoms in total. The van der Waals surface area contributed by atoms with Crippen molar-refractivity contribution in [1.29, 1.82) is 0 Å². The maximum atomic E-state index is 12.6. The van der Waals surface area contributed by atoms with Gasteiger partial charge >= 0.3 is 12.1 Å². The first-order chi connectivity index (χ1) is 10.4. The summed E-state index contributed by atoms with van der Waals surface area (Å²) in [5.74, 6) is -1.88. The molecule has 22 heavy (non-hydrogen) atoms. The van der Waals surface area contributed by atoms with E-state index < -0.39 is 24.5 Å². The summed E-state index contributed by atoms with van der Waals surface area (Å²) >= 11 is 0. The molecular weight excluding hydrogens is 288 g/mol. The van der Waals surface area contributed by atoms with Crippen LogP contribution in [-0.2, 0) is 9.59 Å². The molecular formula is C15H14N2O5. The van der Waals surface area contributed by atoms with Gasteiger partial charge in [0, 0.05) is 7.05 Å². The van der Waals surface area contributed by atoms with Gasteiger partial charge in [-0.3, -0.25) is 19.4 Å². The zero-order valence-electron chi connectivity index (χ0n) is 11.8. The molecule has 2 amide bonds. The Morgan fingerprint density at radius 3 is 2.55 bits per heavy atom. The summed E-state index contributed by atoms with van der Waals surface area (Å²) < 4.78 is 0. The molecule has 0 spiro atoms. The molecule has 0 saturated carbocycles. The Labute approximate surface area is 126 Å². The highest BCUT2D eigenvalue weighted by Crippen LogP contribution is 2.26. The molecule has 1 aromatic rings. The molecule has 0 atom stereocenters. The van der Waals surface area contributed by atoms with Gasteiger partial charge in [-0.25, -0.2) is 4.79 Å². The number of carbonyl (C=O) groups is 3. The van der Waals surface area contributed by atoms with Crippen LogP contribution in [0.15, 0.2) is 42.1 Å². The van der Waals surface area contributed by atoms with E-state index in [0.717, 1.165) is 9.80 Å². The second-order valence-electron chi connectivity index (χ2n) is 4.60. The van der Waals surface area contributed by atoms with Gasteiger partial charge in [0.25, 0.3) is 5.91 Å². The molecule has 1 heterocycles. The van der Waals surface area contributed by atoms with Crippen molar-refractivity contribution in [3.05, 3.63) is 47.7 Å². The number of nitrogens with zero attached hydrogens (tertiary/aromatic N) is 2. The lowest BCUT2D eigenvalue weighted by molar-refractivity contribution is -0.136. The van der Waals surface area contributed by atoms with Crippen molar-refractivity contribution in [2.45, 2.75) is 0 Å². The van der Waals surface area contributed by atoms with Crippen LogP contribution < -0.4 is 4.90 Å². The largest absolute Gasteiger partial charge is 0.480 e. The fourth-order valence-electron chi connectivity index (χ4n) is 2.09. The van der Waals surface area contributed by atoms with E-state index in [0.29, 0.717) is 11.3 Å². The van der Waals surface area contributed by atoms with Gasteiger partial charge in [-0.2, -0.15) is 0 Å². The molecule has 0 radical (unpaired) electrons. The van der Waals surface area contributed by atoms with Gasteiger partial charge in [0.2, 0.25) is 0 Å². The van der Waals surface area contributed by atoms with Crippen LogP contribution in [0.25, 0.3) is 6.08 Å². The number of para-hydroxylation sites is 1. The number of allylic oxidation sites excluding steroid dienone is 2. The van der Waals surface area contributed by atoms with E-state index in [1.54, 1.807) is 36.4 Å². The normalized spacial score (nSPS) is 17.6. The summed E-state index contributed by atoms with van der Waals surface area (Å²) in [6, 6.07) is 6.81. The van der Waals surface area contributed by atoms with Crippen LogP contribution in [0.3, 0.4) is 0 Å². The Hall–Kier alpha value is -3.09. The van der Waals surface area contributed by atoms with Gasteiger partial charge < -0.3 is 10.2 Å². The highest BCUT2D eigenvalue weighted by atomic mass is 16.4. The van der Waals surface area contributed by atoms with Gasteiger partial charge in [0.15, 0.2) is 0 Å². The number of carboxylic acids is 1. The minimum absolute atomic E-state index is 0.125. The molecule has 2 N–H and O–H groups in total. The minimum atomic E-state index is -1.31. The number of hydrogen-bond acceptors (Lipinski definition) is 3. The highest BCUT2D eigenvalue weighted by Gasteiger charge is 2.28. The lowest BCUT2D eigenvalue weighted by Crippen LogP contribution is -2.42. The number of benzene rings is 1. The van der Waals surface area contributed by atoms with E-state index in [1.807, 2.05) is 0 Å². The lowest BCUT2D eigenvalue weighted by Gasteiger charge is -2.27. The molecule has 1 aliphatic heterocycles. The van der Waals surface area contributed by atoms with Gasteiger partial charge in [-0.1, -0.05) is 30.4 Å². The first-order valence-electron chi connectivity index (χ1n) is 6.39. The molecule has 0 aliphatic carbocycles. The number of carboxylic acid groups (broad SMARTS) is 2. The highest BCUT2D eigenvalue weighted by molar-refractivity contribution is 6.10. The quantitative estimate of drug-likeness (QED) is 0.884. The van der Waals surface area contributed by atoms with Crippen LogP contribution in [0.5, 0.6) is 0 Å². The first-order valence-corrected chi connectivity index (χ1v) is 6.39. The van der Waals surface area contributed by atoms with Crippen LogP contribution in [0, 0.1) is 0 Å². The average molecular weight is 302 g/mol. The number of hydrogen-bond donors (Lipinski definition) is 2. The summed E-state index contributed by atoms with van der Waals surface area (Å²) in [4.78, 5) is 36.6. The SMILES string of the molecule is CN(C(=O)O)/C1=C/C=C\c2ccccc2N(CC(=O)O)C1=O. The van der Waals surface area contributed by atoms with E-state index in [4.69, 9.17) is 10.2 Å². The zero-order valence-corrected chi connectivity index (χ0v) is 11.8. The maximum Gasteiger partial charge on any atom is 0.411 e. The lowest BCUT2D eigenvalue weighted by atomic mass is 10.1. The molecule has 0 unspecified atom stereocenters. The van der Waals surface area contributed by atoms with Crippen molar-refractivity contribution in [2.24, 2.45) is 0 Å². The second kappa shape index (κ2) is 6.13. The monoisotopic (exact) mass is 302 g/mol. The van der Waals surface area contributed by atoms with E-state index in [9.17, 15) is 14.4 Å². The Morgan fingerprint density at radius 2 is 1.91 bits per heavy atom. The second-order valence-corrected chi connectivity index (χ2v) is 4.60. The van der Waals surface area contributed by atoms with Gasteiger partial charge in [-0.15, -0.1) is 0 Å². The van der Waals surface area contributed by atoms with Crippen LogP contribution in [-0.4, -0.2) is 46.7 Å². The number of amides is 2. The summed E-state index contributed by atoms with van der Waals surface area (Å²) in [7, 11) is 1.23. The van der Waals surface area contributed by atoms with Crippen LogP contribution in [0.1, 0.15) is 5.56 Å². The van der Waals surface area contributed by atoms with Crippen molar-refractivity contribution in [1.82, 2.24) is 4.90 Å². The summed E-state index contributed by atoms with van der Waals surface area (Å²) in [6.07, 6.45) is 3.29. The van der Waals surface area contributed by atoms with E-state index >= 15 is 0 Å². The van der Waals surface area contributed by atoms with Crippen molar-refractivity contribution in [3.8, 4) is 0 Å². The average Bonchev–Trinajstić information content (AvgIpc) is 2.47. The van der Waals surface area contributed by atoms with Gasteiger partial charge in [-0.05, 0) is 17.7 Å². The van der Waals surface area contributed by atoms with Gasteiger partial charge in [0.1, 0.15) is 12.2 Å². The number of likely N-dealkylation sites (N-methyl/N-ethyl adjacent to an activating group) is 1. The van der Waals surface area contributed by atoms with Crippen LogP contribution >= 0.6 is 0 Å². The predicted octanol–water partition coefficient (Wildman–Crippen LogP) is 1.62. The number of carbonyl (C=O) groups excluding carboxylic acids is 1. The smallest absolute Gasteiger partial charge is 0.411 e. The van der Waals surface area contributed by atoms with Crippen molar-refractivity contribution in [3.63, 3.8) is 0 Å². The summed E-state index contributed by atoms with van der Waals surface area (Å²) in [6.45, 7) is -0.561. The van der Waals surface area contributed by atoms with Crippen molar-refractivity contribution in [2.75, 3.05) is 18.5 Å². The molecule has 114 valence electrons. The number of fused-ring (bicyclic) bond motifs is 1. The van der Waals surface area contributed by atoms with E-state index in [-0.39, 0.29) is 5.70 Å². The van der Waals surface area contributed by atoms with Crippen LogP contribution in [0.2, 0.25) is 0 Å². The number of anilines is 1. The molecule has 7 heteroatoms. The Kier molecular flexibility index (Phi) is 4.26. The summed E-state index contributed by atoms with van der Waals surface area (Å²) in [5.41, 5.74) is 0.959. The third kappa shape index (κ3) is 2.98. The van der Waals surface area contributed by atoms with Crippen LogP contribution in [0.4, 0.5) is 10.5 Å². The minimum Gasteiger partial charge on any atom is -0.480 e. The third-order valence-electron chi connectivity index (χ3n) is 3.16. The predicted molar refractivity (Wildman–Crippen MR) is 79.3 cm³/mol. The first kappa shape index (κ1) is 15.3. The van der Waals surface area contributed by atoms with Gasteiger partial charge in [0.05, 0.1) is 5.69 Å². The summed E-state index contributed by atoms with van der Waals surface area (Å²) in [5, 5.41) is 18.1. The fraction of sp³-hybridized carbons (Fsp3) is 0.133. The molecule has 0 aromatic heterocycles. The standard InChI is InChI=1S/C15H14N2O5/c1-16(15(21)22)12-8-4-6-10-5-2-3-7-11(10)17(14(12)20)9-13(18)19/h2-8H,9H2,1H3,(H,18,19)(H,21,22)/b6-4-,12-8+. The third-order valence-corrected chi connectivity index (χ3v) is 3.16. The van der Waals surface area contributed by atoms with Crippen molar-refractivity contribution >= 4 is 29.7 Å². The van der Waals surface area contributed by atoms with E-state index in [2.05, 4.69) is 0 Å².